The van der Waals surface area contributed by atoms with Crippen LogP contribution in [0, 0.1) is 0 Å². The lowest BCUT2D eigenvalue weighted by Gasteiger charge is -2.15. The molecule has 0 aliphatic heterocycles. The number of carbonyl (C=O) groups excluding carboxylic acids is 1. The van der Waals surface area contributed by atoms with Gasteiger partial charge in [0.1, 0.15) is 6.10 Å². The molecule has 0 fully saturated rings. The Balaban J connectivity index is 3.40. The summed E-state index contributed by atoms with van der Waals surface area (Å²) in [6.45, 7) is 5.34. The van der Waals surface area contributed by atoms with Gasteiger partial charge in [-0.25, -0.2) is 0 Å². The minimum Gasteiger partial charge on any atom is -0.457 e. The van der Waals surface area contributed by atoms with E-state index in [0.29, 0.717) is 19.6 Å². The van der Waals surface area contributed by atoms with Gasteiger partial charge in [-0.2, -0.15) is 0 Å². The Morgan fingerprint density at radius 2 is 0.808 bits per heavy atom. The van der Waals surface area contributed by atoms with Crippen molar-refractivity contribution in [2.45, 2.75) is 245 Å². The van der Waals surface area contributed by atoms with Crippen molar-refractivity contribution in [3.8, 4) is 0 Å². The van der Waals surface area contributed by atoms with Gasteiger partial charge in [0, 0.05) is 13.0 Å². The van der Waals surface area contributed by atoms with E-state index in [1.54, 1.807) is 0 Å². The van der Waals surface area contributed by atoms with Crippen molar-refractivity contribution in [1.29, 1.82) is 0 Å². The van der Waals surface area contributed by atoms with Gasteiger partial charge in [-0.05, 0) is 70.6 Å². The normalized spacial score (nSPS) is 12.6. The number of carbonyl (C=O) groups is 1. The van der Waals surface area contributed by atoms with Gasteiger partial charge in [-0.3, -0.25) is 4.79 Å². The highest BCUT2D eigenvalue weighted by atomic mass is 16.6. The lowest BCUT2D eigenvalue weighted by atomic mass is 10.0. The zero-order valence-corrected chi connectivity index (χ0v) is 35.1. The third-order valence-electron chi connectivity index (χ3n) is 10.2. The van der Waals surface area contributed by atoms with Crippen molar-refractivity contribution in [3.05, 3.63) is 36.5 Å². The molecule has 4 heteroatoms. The lowest BCUT2D eigenvalue weighted by molar-refractivity contribution is -0.154. The average molecular weight is 731 g/mol. The molecule has 0 radical (unpaired) electrons. The van der Waals surface area contributed by atoms with E-state index in [-0.39, 0.29) is 12.6 Å². The molecule has 0 rings (SSSR count). The predicted molar refractivity (Wildman–Crippen MR) is 228 cm³/mol. The van der Waals surface area contributed by atoms with Gasteiger partial charge in [0.25, 0.3) is 0 Å². The monoisotopic (exact) mass is 731 g/mol. The summed E-state index contributed by atoms with van der Waals surface area (Å²) in [5.41, 5.74) is 0. The molecule has 0 aromatic carbocycles. The zero-order valence-electron chi connectivity index (χ0n) is 35.1. The molecule has 0 aliphatic carbocycles. The van der Waals surface area contributed by atoms with Crippen LogP contribution in [0.15, 0.2) is 36.5 Å². The third kappa shape index (κ3) is 43.0. The first-order chi connectivity index (χ1) is 25.7. The number of unbranched alkanes of at least 4 members (excludes halogenated alkanes) is 29. The van der Waals surface area contributed by atoms with Crippen molar-refractivity contribution in [1.82, 2.24) is 0 Å². The molecule has 0 spiro atoms. The van der Waals surface area contributed by atoms with Crippen molar-refractivity contribution in [2.24, 2.45) is 0 Å². The van der Waals surface area contributed by atoms with E-state index in [4.69, 9.17) is 9.47 Å². The maximum Gasteiger partial charge on any atom is 0.306 e. The number of esters is 1. The third-order valence-corrected chi connectivity index (χ3v) is 10.2. The number of rotatable bonds is 43. The largest absolute Gasteiger partial charge is 0.457 e. The molecule has 1 atom stereocenters. The van der Waals surface area contributed by atoms with Gasteiger partial charge >= 0.3 is 5.97 Å². The van der Waals surface area contributed by atoms with E-state index >= 15 is 0 Å². The van der Waals surface area contributed by atoms with Crippen LogP contribution >= 0.6 is 0 Å². The molecular formula is C48H90O4. The van der Waals surface area contributed by atoms with Crippen LogP contribution in [0.3, 0.4) is 0 Å². The smallest absolute Gasteiger partial charge is 0.306 e. The molecule has 0 aromatic heterocycles. The molecule has 0 saturated heterocycles. The molecule has 0 aromatic rings. The molecule has 52 heavy (non-hydrogen) atoms. The van der Waals surface area contributed by atoms with Crippen molar-refractivity contribution >= 4 is 5.97 Å². The number of hydrogen-bond acceptors (Lipinski definition) is 4. The van der Waals surface area contributed by atoms with Gasteiger partial charge in [0.2, 0.25) is 0 Å². The van der Waals surface area contributed by atoms with Crippen LogP contribution in [-0.2, 0) is 14.3 Å². The van der Waals surface area contributed by atoms with Crippen molar-refractivity contribution in [3.63, 3.8) is 0 Å². The van der Waals surface area contributed by atoms with Crippen LogP contribution < -0.4 is 0 Å². The quantitative estimate of drug-likeness (QED) is 0.0385. The summed E-state index contributed by atoms with van der Waals surface area (Å²) in [7, 11) is 0. The number of hydrogen-bond donors (Lipinski definition) is 1. The second-order valence-electron chi connectivity index (χ2n) is 15.5. The van der Waals surface area contributed by atoms with Crippen LogP contribution in [0.2, 0.25) is 0 Å². The summed E-state index contributed by atoms with van der Waals surface area (Å²) in [5, 5.41) is 9.61. The van der Waals surface area contributed by atoms with Crippen LogP contribution in [0.5, 0.6) is 0 Å². The van der Waals surface area contributed by atoms with Gasteiger partial charge in [0.15, 0.2) is 0 Å². The summed E-state index contributed by atoms with van der Waals surface area (Å²) >= 11 is 0. The Morgan fingerprint density at radius 3 is 1.23 bits per heavy atom. The Hall–Kier alpha value is -1.39. The second-order valence-corrected chi connectivity index (χ2v) is 15.5. The van der Waals surface area contributed by atoms with E-state index in [1.807, 2.05) is 0 Å². The van der Waals surface area contributed by atoms with E-state index in [0.717, 1.165) is 38.5 Å². The number of aliphatic hydroxyl groups excluding tert-OH is 1. The zero-order chi connectivity index (χ0) is 37.7. The highest BCUT2D eigenvalue weighted by Crippen LogP contribution is 2.14. The molecular weight excluding hydrogens is 641 g/mol. The molecule has 0 aliphatic rings. The van der Waals surface area contributed by atoms with Crippen molar-refractivity contribution in [2.75, 3.05) is 19.8 Å². The van der Waals surface area contributed by atoms with Gasteiger partial charge in [-0.1, -0.05) is 198 Å². The fourth-order valence-electron chi connectivity index (χ4n) is 6.71. The molecule has 1 N–H and O–H groups in total. The lowest BCUT2D eigenvalue weighted by Crippen LogP contribution is -2.27. The molecule has 306 valence electrons. The molecule has 0 saturated carbocycles. The minimum atomic E-state index is -0.540. The van der Waals surface area contributed by atoms with E-state index in [2.05, 4.69) is 50.3 Å². The SMILES string of the molecule is CCCCCC/C=C\C/C=C\CCCCCCCC(=O)OC(CO)COCCCCCCCCCCCCCC/C=C\CCCCCCCCCC. The maximum atomic E-state index is 12.2. The van der Waals surface area contributed by atoms with E-state index < -0.39 is 6.10 Å². The Kier molecular flexibility index (Phi) is 44.5. The minimum absolute atomic E-state index is 0.176. The number of allylic oxidation sites excluding steroid dienone is 6. The van der Waals surface area contributed by atoms with Gasteiger partial charge in [-0.15, -0.1) is 0 Å². The van der Waals surface area contributed by atoms with Crippen LogP contribution in [0.25, 0.3) is 0 Å². The van der Waals surface area contributed by atoms with Crippen LogP contribution in [-0.4, -0.2) is 37.0 Å². The summed E-state index contributed by atoms with van der Waals surface area (Å²) < 4.78 is 11.2. The molecule has 0 heterocycles. The first kappa shape index (κ1) is 50.6. The van der Waals surface area contributed by atoms with Crippen LogP contribution in [0.1, 0.15) is 239 Å². The molecule has 4 nitrogen and oxygen atoms in total. The fourth-order valence-corrected chi connectivity index (χ4v) is 6.71. The summed E-state index contributed by atoms with van der Waals surface area (Å²) in [4.78, 5) is 12.2. The van der Waals surface area contributed by atoms with Crippen LogP contribution in [0.4, 0.5) is 0 Å². The van der Waals surface area contributed by atoms with Crippen molar-refractivity contribution < 1.29 is 19.4 Å². The Bertz CT molecular complexity index is 772. The summed E-state index contributed by atoms with van der Waals surface area (Å²) in [5.74, 6) is -0.212. The highest BCUT2D eigenvalue weighted by molar-refractivity contribution is 5.69. The Morgan fingerprint density at radius 1 is 0.462 bits per heavy atom. The topological polar surface area (TPSA) is 55.8 Å². The van der Waals surface area contributed by atoms with E-state index in [9.17, 15) is 9.90 Å². The highest BCUT2D eigenvalue weighted by Gasteiger charge is 2.13. The molecule has 1 unspecified atom stereocenters. The molecule has 0 amide bonds. The predicted octanol–water partition coefficient (Wildman–Crippen LogP) is 15.3. The maximum absolute atomic E-state index is 12.2. The van der Waals surface area contributed by atoms with Gasteiger partial charge in [0.05, 0.1) is 13.2 Å². The fraction of sp³-hybridized carbons (Fsp3) is 0.854. The first-order valence-corrected chi connectivity index (χ1v) is 23.1. The average Bonchev–Trinajstić information content (AvgIpc) is 3.15. The van der Waals surface area contributed by atoms with Gasteiger partial charge < -0.3 is 14.6 Å². The first-order valence-electron chi connectivity index (χ1n) is 23.1. The molecule has 0 bridgehead atoms. The summed E-state index contributed by atoms with van der Waals surface area (Å²) in [6, 6.07) is 0. The number of ether oxygens (including phenoxy) is 2. The number of aliphatic hydroxyl groups is 1. The van der Waals surface area contributed by atoms with E-state index in [1.165, 1.54) is 180 Å². The Labute approximate surface area is 325 Å². The second kappa shape index (κ2) is 45.8. The summed E-state index contributed by atoms with van der Waals surface area (Å²) in [6.07, 6.45) is 57.9. The standard InChI is InChI=1S/C48H90O4/c1-3-5-7-9-11-13-15-17-19-21-22-23-24-25-26-27-28-30-32-34-36-38-40-42-44-51-46-47(45-49)52-48(50)43-41-39-37-35-33-31-29-20-18-16-14-12-10-8-6-4-2/h14,16,20-22,29,47,49H,3-13,15,17-19,23-28,30-46H2,1-2H3/b16-14-,22-21-,29-20-.